The third-order valence-electron chi connectivity index (χ3n) is 10.3. The Labute approximate surface area is 235 Å². The smallest absolute Gasteiger partial charge is 0.306 e. The van der Waals surface area contributed by atoms with Gasteiger partial charge in [0.2, 0.25) is 11.4 Å². The van der Waals surface area contributed by atoms with Crippen LogP contribution in [0.3, 0.4) is 0 Å². The van der Waals surface area contributed by atoms with Gasteiger partial charge in [-0.25, -0.2) is 4.39 Å². The molecule has 0 aromatic carbocycles. The standard InChI is InChI=1S/C31H43FO8/c1-5-7-9-26(37)39-18-25(36)31(40-27(38)10-8-6-2)23(34)16-22-21-12-11-19-15-20(33)13-14-28(19,3)30(21,32)24(35)17-29(22,31)4/h13-15,21-24,34-35H,5-12,16-18H2,1-4H3. The van der Waals surface area contributed by atoms with Gasteiger partial charge in [0.05, 0.1) is 6.10 Å². The van der Waals surface area contributed by atoms with E-state index in [-0.39, 0.29) is 31.5 Å². The zero-order valence-electron chi connectivity index (χ0n) is 24.0. The molecule has 8 unspecified atom stereocenters. The average molecular weight is 563 g/mol. The summed E-state index contributed by atoms with van der Waals surface area (Å²) in [6.45, 7) is 6.49. The Morgan fingerprint density at radius 2 is 1.68 bits per heavy atom. The number of allylic oxidation sites excluding steroid dienone is 4. The van der Waals surface area contributed by atoms with Crippen LogP contribution in [0.25, 0.3) is 0 Å². The van der Waals surface area contributed by atoms with Crippen LogP contribution in [0.4, 0.5) is 4.39 Å². The summed E-state index contributed by atoms with van der Waals surface area (Å²) >= 11 is 0. The van der Waals surface area contributed by atoms with Gasteiger partial charge >= 0.3 is 11.9 Å². The fraction of sp³-hybridized carbons (Fsp3) is 0.742. The zero-order valence-corrected chi connectivity index (χ0v) is 24.0. The number of carbonyl (C=O) groups excluding carboxylic acids is 4. The van der Waals surface area contributed by atoms with Crippen LogP contribution in [0, 0.1) is 22.7 Å². The maximum atomic E-state index is 17.5. The van der Waals surface area contributed by atoms with Crippen molar-refractivity contribution in [2.75, 3.05) is 6.61 Å². The van der Waals surface area contributed by atoms with E-state index in [2.05, 4.69) is 0 Å². The molecule has 0 aliphatic heterocycles. The van der Waals surface area contributed by atoms with Gasteiger partial charge in [0.15, 0.2) is 18.1 Å². The molecule has 0 bridgehead atoms. The molecule has 4 rings (SSSR count). The number of alkyl halides is 1. The Kier molecular flexibility index (Phi) is 8.50. The zero-order chi connectivity index (χ0) is 29.5. The largest absolute Gasteiger partial charge is 0.457 e. The average Bonchev–Trinajstić information content (AvgIpc) is 3.12. The van der Waals surface area contributed by atoms with Gasteiger partial charge in [0.25, 0.3) is 0 Å². The number of aliphatic hydroxyl groups excluding tert-OH is 2. The van der Waals surface area contributed by atoms with Crippen molar-refractivity contribution < 1.29 is 43.3 Å². The van der Waals surface area contributed by atoms with Crippen LogP contribution in [-0.2, 0) is 28.7 Å². The molecule has 0 aromatic heterocycles. The minimum Gasteiger partial charge on any atom is -0.457 e. The molecular formula is C31H43FO8. The predicted octanol–water partition coefficient (Wildman–Crippen LogP) is 4.10. The molecule has 0 aromatic rings. The van der Waals surface area contributed by atoms with Crippen molar-refractivity contribution in [1.29, 1.82) is 0 Å². The van der Waals surface area contributed by atoms with Crippen LogP contribution in [0.15, 0.2) is 23.8 Å². The van der Waals surface area contributed by atoms with Gasteiger partial charge < -0.3 is 19.7 Å². The number of unbranched alkanes of at least 4 members (excludes halogenated alkanes) is 2. The Morgan fingerprint density at radius 3 is 2.33 bits per heavy atom. The van der Waals surface area contributed by atoms with E-state index in [4.69, 9.17) is 9.47 Å². The summed E-state index contributed by atoms with van der Waals surface area (Å²) in [5, 5.41) is 23.2. The second-order valence-electron chi connectivity index (χ2n) is 12.5. The van der Waals surface area contributed by atoms with Crippen molar-refractivity contribution in [1.82, 2.24) is 0 Å². The third kappa shape index (κ3) is 4.48. The van der Waals surface area contributed by atoms with Crippen molar-refractivity contribution in [3.05, 3.63) is 23.8 Å². The SMILES string of the molecule is CCCCC(=O)OCC(=O)C1(OC(=O)CCCC)C(O)CC2C3CCC4=CC(=O)C=CC4(C)C3(F)C(O)CC21C. The minimum atomic E-state index is -2.17. The monoisotopic (exact) mass is 562 g/mol. The van der Waals surface area contributed by atoms with Gasteiger partial charge in [0, 0.05) is 29.6 Å². The third-order valence-corrected chi connectivity index (χ3v) is 10.3. The van der Waals surface area contributed by atoms with Crippen molar-refractivity contribution in [3.63, 3.8) is 0 Å². The normalized spacial score (nSPS) is 40.0. The molecule has 0 spiro atoms. The first-order chi connectivity index (χ1) is 18.8. The summed E-state index contributed by atoms with van der Waals surface area (Å²) in [6, 6.07) is 0. The van der Waals surface area contributed by atoms with Crippen molar-refractivity contribution in [2.24, 2.45) is 22.7 Å². The van der Waals surface area contributed by atoms with E-state index in [1.54, 1.807) is 13.8 Å². The van der Waals surface area contributed by atoms with Gasteiger partial charge in [-0.05, 0) is 63.5 Å². The van der Waals surface area contributed by atoms with Gasteiger partial charge in [-0.2, -0.15) is 0 Å². The molecule has 3 fully saturated rings. The highest BCUT2D eigenvalue weighted by Crippen LogP contribution is 2.70. The summed E-state index contributed by atoms with van der Waals surface area (Å²) in [4.78, 5) is 51.3. The van der Waals surface area contributed by atoms with Crippen LogP contribution in [-0.4, -0.2) is 63.8 Å². The van der Waals surface area contributed by atoms with Crippen LogP contribution >= 0.6 is 0 Å². The van der Waals surface area contributed by atoms with Gasteiger partial charge in [-0.3, -0.25) is 19.2 Å². The summed E-state index contributed by atoms with van der Waals surface area (Å²) < 4.78 is 28.6. The highest BCUT2D eigenvalue weighted by molar-refractivity contribution is 6.01. The molecule has 222 valence electrons. The Balaban J connectivity index is 1.74. The fourth-order valence-corrected chi connectivity index (χ4v) is 8.15. The van der Waals surface area contributed by atoms with E-state index in [1.807, 2.05) is 13.8 Å². The lowest BCUT2D eigenvalue weighted by atomic mass is 9.44. The first-order valence-electron chi connectivity index (χ1n) is 14.7. The maximum Gasteiger partial charge on any atom is 0.306 e. The Hall–Kier alpha value is -2.39. The maximum absolute atomic E-state index is 17.5. The number of hydrogen-bond acceptors (Lipinski definition) is 8. The molecule has 2 N–H and O–H groups in total. The van der Waals surface area contributed by atoms with Crippen molar-refractivity contribution >= 4 is 23.5 Å². The fourth-order valence-electron chi connectivity index (χ4n) is 8.15. The number of halogens is 1. The topological polar surface area (TPSA) is 127 Å². The van der Waals surface area contributed by atoms with E-state index in [9.17, 15) is 29.4 Å². The molecule has 0 heterocycles. The predicted molar refractivity (Wildman–Crippen MR) is 144 cm³/mol. The van der Waals surface area contributed by atoms with Crippen molar-refractivity contribution in [2.45, 2.75) is 115 Å². The summed E-state index contributed by atoms with van der Waals surface area (Å²) in [6.07, 6.45) is 4.43. The van der Waals surface area contributed by atoms with E-state index in [1.165, 1.54) is 18.2 Å². The molecule has 3 saturated carbocycles. The number of ketones is 2. The van der Waals surface area contributed by atoms with E-state index >= 15 is 4.39 Å². The van der Waals surface area contributed by atoms with Crippen LogP contribution in [0.1, 0.15) is 91.9 Å². The molecule has 9 heteroatoms. The second-order valence-corrected chi connectivity index (χ2v) is 12.5. The van der Waals surface area contributed by atoms with Gasteiger partial charge in [-0.15, -0.1) is 0 Å². The highest BCUT2D eigenvalue weighted by atomic mass is 19.1. The lowest BCUT2D eigenvalue weighted by Crippen LogP contribution is -2.70. The van der Waals surface area contributed by atoms with E-state index in [0.717, 1.165) is 6.42 Å². The van der Waals surface area contributed by atoms with Crippen molar-refractivity contribution in [3.8, 4) is 0 Å². The molecule has 8 nitrogen and oxygen atoms in total. The lowest BCUT2D eigenvalue weighted by molar-refractivity contribution is -0.232. The lowest BCUT2D eigenvalue weighted by Gasteiger charge is -2.62. The molecule has 4 aliphatic carbocycles. The molecule has 40 heavy (non-hydrogen) atoms. The van der Waals surface area contributed by atoms with Crippen LogP contribution in [0.2, 0.25) is 0 Å². The first kappa shape index (κ1) is 30.6. The quantitative estimate of drug-likeness (QED) is 0.381. The van der Waals surface area contributed by atoms with Gasteiger partial charge in [0.1, 0.15) is 6.10 Å². The van der Waals surface area contributed by atoms with E-state index in [0.29, 0.717) is 37.7 Å². The first-order valence-corrected chi connectivity index (χ1v) is 14.7. The second kappa shape index (κ2) is 11.1. The number of rotatable bonds is 10. The molecule has 0 saturated heterocycles. The number of esters is 2. The number of fused-ring (bicyclic) bond motifs is 5. The number of Topliss-reactive ketones (excluding diaryl/α,β-unsaturated/α-hetero) is 1. The molecule has 0 radical (unpaired) electrons. The number of aliphatic hydroxyl groups is 2. The van der Waals surface area contributed by atoms with Crippen LogP contribution in [0.5, 0.6) is 0 Å². The van der Waals surface area contributed by atoms with Crippen LogP contribution < -0.4 is 0 Å². The highest BCUT2D eigenvalue weighted by Gasteiger charge is 2.78. The molecule has 0 amide bonds. The number of ether oxygens (including phenoxy) is 2. The van der Waals surface area contributed by atoms with Gasteiger partial charge in [-0.1, -0.05) is 45.3 Å². The minimum absolute atomic E-state index is 0.0199. The number of carbonyl (C=O) groups is 4. The Bertz CT molecular complexity index is 1110. The summed E-state index contributed by atoms with van der Waals surface area (Å²) in [7, 11) is 0. The molecular weight excluding hydrogens is 519 g/mol. The number of hydrogen-bond donors (Lipinski definition) is 2. The summed E-state index contributed by atoms with van der Waals surface area (Å²) in [5.74, 6) is -3.64. The molecule has 4 aliphatic rings. The molecule has 8 atom stereocenters. The summed E-state index contributed by atoms with van der Waals surface area (Å²) in [5.41, 5.74) is -6.22. The Morgan fingerprint density at radius 1 is 1.02 bits per heavy atom. The van der Waals surface area contributed by atoms with E-state index < -0.39 is 70.5 Å².